The smallest absolute Gasteiger partial charge is 0.271 e. The van der Waals surface area contributed by atoms with Crippen molar-refractivity contribution in [2.75, 3.05) is 14.2 Å². The molecule has 49 heavy (non-hydrogen) atoms. The van der Waals surface area contributed by atoms with Crippen molar-refractivity contribution in [1.29, 1.82) is 0 Å². The van der Waals surface area contributed by atoms with Crippen LogP contribution in [0.3, 0.4) is 0 Å². The number of phenols is 2. The minimum absolute atomic E-state index is 0.0211. The highest BCUT2D eigenvalue weighted by atomic mass is 16.7. The number of ketones is 2. The van der Waals surface area contributed by atoms with Gasteiger partial charge in [-0.3, -0.25) is 14.4 Å². The summed E-state index contributed by atoms with van der Waals surface area (Å²) < 4.78 is 22.6. The van der Waals surface area contributed by atoms with E-state index >= 15 is 0 Å². The Hall–Kier alpha value is -4.86. The van der Waals surface area contributed by atoms with Gasteiger partial charge in [0.05, 0.1) is 54.9 Å². The van der Waals surface area contributed by atoms with E-state index in [2.05, 4.69) is 10.5 Å². The number of rotatable bonds is 7. The minimum atomic E-state index is -1.91. The van der Waals surface area contributed by atoms with Crippen molar-refractivity contribution >= 4 is 23.2 Å². The quantitative estimate of drug-likeness (QED) is 0.0944. The molecule has 0 radical (unpaired) electrons. The molecule has 3 aromatic carbocycles. The summed E-state index contributed by atoms with van der Waals surface area (Å²) in [6, 6.07) is 10.0. The first kappa shape index (κ1) is 34.0. The molecule has 6 atom stereocenters. The average Bonchev–Trinajstić information content (AvgIpc) is 3.09. The van der Waals surface area contributed by atoms with E-state index in [1.807, 2.05) is 0 Å². The number of aliphatic hydroxyl groups is 2. The number of carbonyl (C=O) groups is 3. The van der Waals surface area contributed by atoms with E-state index in [4.69, 9.17) is 24.7 Å². The number of aromatic hydroxyl groups is 2. The van der Waals surface area contributed by atoms with Crippen molar-refractivity contribution in [3.63, 3.8) is 0 Å². The topological polar surface area (TPSA) is 219 Å². The highest BCUT2D eigenvalue weighted by Gasteiger charge is 2.49. The summed E-state index contributed by atoms with van der Waals surface area (Å²) in [5, 5.41) is 50.1. The summed E-state index contributed by atoms with van der Waals surface area (Å²) in [7, 11) is 2.84. The second-order valence-corrected chi connectivity index (χ2v) is 12.4. The summed E-state index contributed by atoms with van der Waals surface area (Å²) in [4.78, 5) is 40.6. The van der Waals surface area contributed by atoms with Crippen LogP contribution in [0.4, 0.5) is 0 Å². The van der Waals surface area contributed by atoms with Crippen molar-refractivity contribution in [2.24, 2.45) is 10.8 Å². The van der Waals surface area contributed by atoms with Crippen LogP contribution < -0.4 is 20.6 Å². The Labute approximate surface area is 281 Å². The Kier molecular flexibility index (Phi) is 8.94. The van der Waals surface area contributed by atoms with Crippen molar-refractivity contribution < 1.29 is 53.8 Å². The van der Waals surface area contributed by atoms with E-state index in [0.29, 0.717) is 5.75 Å². The Morgan fingerprint density at radius 3 is 2.37 bits per heavy atom. The van der Waals surface area contributed by atoms with Crippen molar-refractivity contribution in [3.05, 3.63) is 81.4 Å². The number of phenolic OH excluding ortho intramolecular Hbond substituents is 2. The molecule has 1 saturated heterocycles. The molecule has 0 spiro atoms. The van der Waals surface area contributed by atoms with E-state index in [0.717, 1.165) is 0 Å². The maximum absolute atomic E-state index is 13.9. The summed E-state index contributed by atoms with van der Waals surface area (Å²) in [6.07, 6.45) is -4.60. The zero-order valence-corrected chi connectivity index (χ0v) is 27.2. The van der Waals surface area contributed by atoms with Crippen LogP contribution in [0.15, 0.2) is 47.6 Å². The van der Waals surface area contributed by atoms with Gasteiger partial charge in [0, 0.05) is 47.6 Å². The molecule has 1 heterocycles. The summed E-state index contributed by atoms with van der Waals surface area (Å²) in [5.41, 5.74) is 5.89. The van der Waals surface area contributed by atoms with Gasteiger partial charge in [-0.1, -0.05) is 12.1 Å². The molecule has 2 aliphatic carbocycles. The SMILES string of the molecule is COc1ccc(C(=O)N/N=C(\C)[C@]2(O)Cc3c(O)c4c(c(O)c3[C@@H](O[C@H]3C[C@H](N)[C@H](O)[C@H](C)O3)C2)C(=O)c2c(OC)cccc2C4=O)cc1. The molecule has 1 amide bonds. The van der Waals surface area contributed by atoms with Gasteiger partial charge in [-0.05, 0) is 44.2 Å². The molecule has 0 unspecified atom stereocenters. The number of nitrogens with one attached hydrogen (secondary N) is 1. The first-order valence-electron chi connectivity index (χ1n) is 15.6. The number of aliphatic hydroxyl groups excluding tert-OH is 1. The first-order valence-corrected chi connectivity index (χ1v) is 15.6. The lowest BCUT2D eigenvalue weighted by atomic mass is 9.71. The van der Waals surface area contributed by atoms with Crippen LogP contribution >= 0.6 is 0 Å². The maximum Gasteiger partial charge on any atom is 0.271 e. The summed E-state index contributed by atoms with van der Waals surface area (Å²) >= 11 is 0. The van der Waals surface area contributed by atoms with Crippen LogP contribution in [0.2, 0.25) is 0 Å². The van der Waals surface area contributed by atoms with E-state index < -0.39 is 76.3 Å². The third kappa shape index (κ3) is 5.81. The number of methoxy groups -OCH3 is 2. The molecule has 3 aliphatic rings. The molecular weight excluding hydrogens is 638 g/mol. The molecule has 1 fully saturated rings. The van der Waals surface area contributed by atoms with Gasteiger partial charge in [0.25, 0.3) is 5.91 Å². The van der Waals surface area contributed by atoms with Gasteiger partial charge < -0.3 is 45.1 Å². The number of benzene rings is 3. The second kappa shape index (κ2) is 12.9. The molecule has 0 aromatic heterocycles. The Balaban J connectivity index is 1.43. The number of nitrogens with two attached hydrogens (primary N) is 1. The van der Waals surface area contributed by atoms with E-state index in [1.165, 1.54) is 51.5 Å². The van der Waals surface area contributed by atoms with Crippen LogP contribution in [0.25, 0.3) is 0 Å². The lowest BCUT2D eigenvalue weighted by Gasteiger charge is -2.42. The zero-order chi connectivity index (χ0) is 35.4. The molecule has 0 bridgehead atoms. The number of amides is 1. The third-order valence-corrected chi connectivity index (χ3v) is 9.49. The fourth-order valence-electron chi connectivity index (χ4n) is 6.71. The van der Waals surface area contributed by atoms with Crippen LogP contribution in [0, 0.1) is 0 Å². The molecular formula is C35H37N3O11. The Bertz CT molecular complexity index is 1860. The van der Waals surface area contributed by atoms with Gasteiger partial charge in [-0.2, -0.15) is 5.10 Å². The lowest BCUT2D eigenvalue weighted by Crippen LogP contribution is -2.52. The molecule has 3 aromatic rings. The summed E-state index contributed by atoms with van der Waals surface area (Å²) in [6.45, 7) is 3.08. The molecule has 14 heteroatoms. The van der Waals surface area contributed by atoms with E-state index in [1.54, 1.807) is 19.1 Å². The number of hydrogen-bond acceptors (Lipinski definition) is 13. The minimum Gasteiger partial charge on any atom is -0.507 e. The van der Waals surface area contributed by atoms with E-state index in [9.17, 15) is 34.8 Å². The average molecular weight is 676 g/mol. The maximum atomic E-state index is 13.9. The monoisotopic (exact) mass is 675 g/mol. The lowest BCUT2D eigenvalue weighted by molar-refractivity contribution is -0.245. The van der Waals surface area contributed by atoms with Crippen LogP contribution in [0.5, 0.6) is 23.0 Å². The van der Waals surface area contributed by atoms with Gasteiger partial charge in [0.1, 0.15) is 28.6 Å². The van der Waals surface area contributed by atoms with Crippen LogP contribution in [-0.2, 0) is 15.9 Å². The second-order valence-electron chi connectivity index (χ2n) is 12.4. The van der Waals surface area contributed by atoms with E-state index in [-0.39, 0.29) is 58.5 Å². The highest BCUT2D eigenvalue weighted by Crippen LogP contribution is 2.52. The number of carbonyl (C=O) groups excluding carboxylic acids is 3. The Morgan fingerprint density at radius 2 is 1.71 bits per heavy atom. The fourth-order valence-corrected chi connectivity index (χ4v) is 6.71. The molecule has 1 aliphatic heterocycles. The van der Waals surface area contributed by atoms with Gasteiger partial charge in [0.2, 0.25) is 5.78 Å². The largest absolute Gasteiger partial charge is 0.507 e. The molecule has 258 valence electrons. The zero-order valence-electron chi connectivity index (χ0n) is 27.2. The summed E-state index contributed by atoms with van der Waals surface area (Å²) in [5.74, 6) is -2.62. The number of hydrogen-bond donors (Lipinski definition) is 6. The van der Waals surface area contributed by atoms with Crippen LogP contribution in [-0.4, -0.2) is 88.0 Å². The molecule has 7 N–H and O–H groups in total. The normalized spacial score (nSPS) is 26.3. The highest BCUT2D eigenvalue weighted by molar-refractivity contribution is 6.31. The fraction of sp³-hybridized carbons (Fsp3) is 0.371. The van der Waals surface area contributed by atoms with Crippen LogP contribution in [0.1, 0.15) is 86.1 Å². The van der Waals surface area contributed by atoms with Gasteiger partial charge >= 0.3 is 0 Å². The first-order chi connectivity index (χ1) is 23.3. The predicted molar refractivity (Wildman–Crippen MR) is 173 cm³/mol. The third-order valence-electron chi connectivity index (χ3n) is 9.49. The predicted octanol–water partition coefficient (Wildman–Crippen LogP) is 2.25. The van der Waals surface area contributed by atoms with Crippen molar-refractivity contribution in [1.82, 2.24) is 5.43 Å². The van der Waals surface area contributed by atoms with Crippen molar-refractivity contribution in [3.8, 4) is 23.0 Å². The molecule has 0 saturated carbocycles. The van der Waals surface area contributed by atoms with Gasteiger partial charge in [-0.15, -0.1) is 0 Å². The Morgan fingerprint density at radius 1 is 1.02 bits per heavy atom. The van der Waals surface area contributed by atoms with Gasteiger partial charge in [0.15, 0.2) is 12.1 Å². The number of fused-ring (bicyclic) bond motifs is 3. The molecule has 6 rings (SSSR count). The van der Waals surface area contributed by atoms with Gasteiger partial charge in [-0.25, -0.2) is 5.43 Å². The number of nitrogens with zero attached hydrogens (tertiary/aromatic N) is 1. The molecule has 14 nitrogen and oxygen atoms in total. The number of ether oxygens (including phenoxy) is 4. The number of hydrazone groups is 1. The standard InChI is InChI=1S/C35H37N3O11/c1-15-29(39)21(36)12-24(48-15)49-23-14-35(45,16(2)37-38-34(44)17-8-10-18(46-3)11-9-17)13-20-26(23)33(43)28-27(31(20)41)30(40)19-6-5-7-22(47-4)25(19)32(28)42/h5-11,15,21,23-24,29,39,41,43,45H,12-14,36H2,1-4H3,(H,38,44)/b37-16+/t15-,21-,23-,24-,29+,35-/m0/s1. The van der Waals surface area contributed by atoms with Crippen molar-refractivity contribution in [2.45, 2.75) is 69.4 Å².